The highest BCUT2D eigenvalue weighted by atomic mass is 32.2. The van der Waals surface area contributed by atoms with Crippen molar-refractivity contribution >= 4 is 9.84 Å². The van der Waals surface area contributed by atoms with Crippen LogP contribution >= 0.6 is 0 Å². The summed E-state index contributed by atoms with van der Waals surface area (Å²) >= 11 is 0. The monoisotopic (exact) mass is 262 g/mol. The molecule has 0 saturated carbocycles. The van der Waals surface area contributed by atoms with E-state index in [0.29, 0.717) is 17.5 Å². The molecule has 0 aliphatic carbocycles. The Bertz CT molecular complexity index is 316. The third-order valence-electron chi connectivity index (χ3n) is 3.70. The van der Waals surface area contributed by atoms with E-state index < -0.39 is 9.84 Å². The van der Waals surface area contributed by atoms with Crippen LogP contribution in [0.5, 0.6) is 0 Å². The van der Waals surface area contributed by atoms with E-state index >= 15 is 0 Å². The van der Waals surface area contributed by atoms with E-state index in [2.05, 4.69) is 31.1 Å². The zero-order valence-corrected chi connectivity index (χ0v) is 12.1. The van der Waals surface area contributed by atoms with Gasteiger partial charge in [-0.1, -0.05) is 6.92 Å². The third-order valence-corrected chi connectivity index (χ3v) is 5.52. The Hall–Kier alpha value is -0.130. The number of likely N-dealkylation sites (N-methyl/N-ethyl adjacent to an activating group) is 1. The Kier molecular flexibility index (Phi) is 5.89. The molecule has 0 radical (unpaired) electrons. The fourth-order valence-electron chi connectivity index (χ4n) is 2.16. The van der Waals surface area contributed by atoms with Crippen molar-refractivity contribution in [1.29, 1.82) is 0 Å². The van der Waals surface area contributed by atoms with Crippen LogP contribution in [-0.2, 0) is 9.84 Å². The van der Waals surface area contributed by atoms with E-state index in [9.17, 15) is 8.42 Å². The molecule has 1 saturated heterocycles. The zero-order valence-electron chi connectivity index (χ0n) is 11.3. The Balaban J connectivity index is 2.23. The van der Waals surface area contributed by atoms with Gasteiger partial charge in [-0.2, -0.15) is 0 Å². The van der Waals surface area contributed by atoms with Gasteiger partial charge in [0.05, 0.1) is 11.5 Å². The molecule has 1 N–H and O–H groups in total. The van der Waals surface area contributed by atoms with Crippen LogP contribution in [0.2, 0.25) is 0 Å². The first-order chi connectivity index (χ1) is 7.94. The molecule has 1 heterocycles. The normalized spacial score (nSPS) is 26.0. The quantitative estimate of drug-likeness (QED) is 0.772. The summed E-state index contributed by atoms with van der Waals surface area (Å²) in [5.74, 6) is 0.692. The van der Waals surface area contributed by atoms with Crippen molar-refractivity contribution in [3.63, 3.8) is 0 Å². The van der Waals surface area contributed by atoms with Gasteiger partial charge in [0, 0.05) is 25.2 Å². The highest BCUT2D eigenvalue weighted by Gasteiger charge is 2.24. The molecule has 0 aromatic heterocycles. The minimum Gasteiger partial charge on any atom is -0.312 e. The van der Waals surface area contributed by atoms with Crippen molar-refractivity contribution in [3.05, 3.63) is 0 Å². The van der Waals surface area contributed by atoms with Crippen LogP contribution in [0.1, 0.15) is 33.1 Å². The molecule has 0 spiro atoms. The van der Waals surface area contributed by atoms with Crippen LogP contribution in [0.3, 0.4) is 0 Å². The van der Waals surface area contributed by atoms with Crippen LogP contribution in [0.25, 0.3) is 0 Å². The first kappa shape index (κ1) is 14.9. The summed E-state index contributed by atoms with van der Waals surface area (Å²) in [7, 11) is -0.661. The summed E-state index contributed by atoms with van der Waals surface area (Å²) in [6.07, 6.45) is 2.95. The molecule has 102 valence electrons. The molecule has 1 aliphatic heterocycles. The van der Waals surface area contributed by atoms with Crippen LogP contribution in [0, 0.1) is 0 Å². The minimum absolute atomic E-state index is 0.166. The van der Waals surface area contributed by atoms with Gasteiger partial charge in [-0.15, -0.1) is 0 Å². The average molecular weight is 262 g/mol. The second kappa shape index (κ2) is 6.71. The molecule has 2 atom stereocenters. The number of nitrogens with zero attached hydrogens (tertiary/aromatic N) is 1. The number of hydrogen-bond acceptors (Lipinski definition) is 4. The molecule has 0 amide bonds. The lowest BCUT2D eigenvalue weighted by Gasteiger charge is -2.27. The zero-order chi connectivity index (χ0) is 12.9. The molecule has 17 heavy (non-hydrogen) atoms. The molecule has 0 aromatic carbocycles. The first-order valence-corrected chi connectivity index (χ1v) is 8.41. The van der Waals surface area contributed by atoms with Crippen LogP contribution < -0.4 is 5.32 Å². The molecular formula is C12H26N2O2S. The Morgan fingerprint density at radius 1 is 1.47 bits per heavy atom. The fraction of sp³-hybridized carbons (Fsp3) is 1.00. The Morgan fingerprint density at radius 2 is 2.18 bits per heavy atom. The number of rotatable bonds is 6. The van der Waals surface area contributed by atoms with Crippen molar-refractivity contribution in [1.82, 2.24) is 10.2 Å². The number of nitrogens with one attached hydrogen (secondary N) is 1. The smallest absolute Gasteiger partial charge is 0.151 e. The van der Waals surface area contributed by atoms with Gasteiger partial charge in [0.25, 0.3) is 0 Å². The molecule has 1 fully saturated rings. The second-order valence-electron chi connectivity index (χ2n) is 5.15. The van der Waals surface area contributed by atoms with Gasteiger partial charge in [0.15, 0.2) is 9.84 Å². The first-order valence-electron chi connectivity index (χ1n) is 6.58. The SMILES string of the molecule is CCC(C)N(C)CCNC1CCCS(=O)(=O)C1. The maximum atomic E-state index is 11.5. The maximum absolute atomic E-state index is 11.5. The van der Waals surface area contributed by atoms with E-state index in [1.807, 2.05) is 0 Å². The molecule has 5 heteroatoms. The number of sulfone groups is 1. The van der Waals surface area contributed by atoms with Crippen molar-refractivity contribution in [2.45, 2.75) is 45.2 Å². The molecule has 1 rings (SSSR count). The summed E-state index contributed by atoms with van der Waals surface area (Å²) in [5.41, 5.74) is 0. The Labute approximate surface area is 106 Å². The lowest BCUT2D eigenvalue weighted by atomic mass is 10.2. The lowest BCUT2D eigenvalue weighted by molar-refractivity contribution is 0.248. The molecular weight excluding hydrogens is 236 g/mol. The second-order valence-corrected chi connectivity index (χ2v) is 7.37. The molecule has 0 aromatic rings. The highest BCUT2D eigenvalue weighted by Crippen LogP contribution is 2.11. The van der Waals surface area contributed by atoms with E-state index in [0.717, 1.165) is 32.4 Å². The van der Waals surface area contributed by atoms with Gasteiger partial charge >= 0.3 is 0 Å². The number of hydrogen-bond donors (Lipinski definition) is 1. The van der Waals surface area contributed by atoms with Gasteiger partial charge < -0.3 is 10.2 Å². The molecule has 4 nitrogen and oxygen atoms in total. The van der Waals surface area contributed by atoms with Gasteiger partial charge in [0.2, 0.25) is 0 Å². The van der Waals surface area contributed by atoms with Gasteiger partial charge in [-0.05, 0) is 33.2 Å². The molecule has 2 unspecified atom stereocenters. The summed E-state index contributed by atoms with van der Waals surface area (Å²) in [6, 6.07) is 0.756. The van der Waals surface area contributed by atoms with Crippen molar-refractivity contribution in [3.8, 4) is 0 Å². The standard InChI is InChI=1S/C12H26N2O2S/c1-4-11(2)14(3)8-7-13-12-6-5-9-17(15,16)10-12/h11-13H,4-10H2,1-3H3. The summed E-state index contributed by atoms with van der Waals surface area (Å²) in [6.45, 7) is 6.25. The minimum atomic E-state index is -2.78. The molecule has 0 bridgehead atoms. The van der Waals surface area contributed by atoms with E-state index in [4.69, 9.17) is 0 Å². The molecule has 1 aliphatic rings. The topological polar surface area (TPSA) is 49.4 Å². The van der Waals surface area contributed by atoms with Crippen LogP contribution in [0.15, 0.2) is 0 Å². The average Bonchev–Trinajstić information content (AvgIpc) is 2.26. The fourth-order valence-corrected chi connectivity index (χ4v) is 3.83. The van der Waals surface area contributed by atoms with Crippen molar-refractivity contribution in [2.75, 3.05) is 31.6 Å². The van der Waals surface area contributed by atoms with E-state index in [1.165, 1.54) is 0 Å². The highest BCUT2D eigenvalue weighted by molar-refractivity contribution is 7.91. The van der Waals surface area contributed by atoms with Crippen molar-refractivity contribution < 1.29 is 8.42 Å². The Morgan fingerprint density at radius 3 is 2.76 bits per heavy atom. The largest absolute Gasteiger partial charge is 0.312 e. The van der Waals surface area contributed by atoms with Crippen LogP contribution in [-0.4, -0.2) is 57.0 Å². The third kappa shape index (κ3) is 5.36. The summed E-state index contributed by atoms with van der Waals surface area (Å²) in [4.78, 5) is 2.31. The lowest BCUT2D eigenvalue weighted by Crippen LogP contribution is -2.44. The van der Waals surface area contributed by atoms with Gasteiger partial charge in [-0.25, -0.2) is 8.42 Å². The van der Waals surface area contributed by atoms with Crippen molar-refractivity contribution in [2.24, 2.45) is 0 Å². The van der Waals surface area contributed by atoms with Crippen LogP contribution in [0.4, 0.5) is 0 Å². The van der Waals surface area contributed by atoms with Gasteiger partial charge in [0.1, 0.15) is 0 Å². The summed E-state index contributed by atoms with van der Waals surface area (Å²) in [5, 5.41) is 3.37. The van der Waals surface area contributed by atoms with Gasteiger partial charge in [-0.3, -0.25) is 0 Å². The predicted octanol–water partition coefficient (Wildman–Crippen LogP) is 0.884. The summed E-state index contributed by atoms with van der Waals surface area (Å²) < 4.78 is 22.9. The van der Waals surface area contributed by atoms with E-state index in [-0.39, 0.29) is 6.04 Å². The predicted molar refractivity (Wildman–Crippen MR) is 72.1 cm³/mol. The van der Waals surface area contributed by atoms with E-state index in [1.54, 1.807) is 0 Å². The maximum Gasteiger partial charge on any atom is 0.151 e.